The summed E-state index contributed by atoms with van der Waals surface area (Å²) in [5, 5.41) is 19.3. The first-order valence-corrected chi connectivity index (χ1v) is 8.72. The number of benzene rings is 1. The van der Waals surface area contributed by atoms with Crippen LogP contribution in [0.1, 0.15) is 30.2 Å². The van der Waals surface area contributed by atoms with Gasteiger partial charge in [0, 0.05) is 48.0 Å². The smallest absolute Gasteiger partial charge is 0.307 e. The van der Waals surface area contributed by atoms with E-state index in [4.69, 9.17) is 9.84 Å². The molecule has 0 fully saturated rings. The number of nitrogens with one attached hydrogen (secondary N) is 1. The van der Waals surface area contributed by atoms with Crippen molar-refractivity contribution in [2.45, 2.75) is 39.8 Å². The maximum atomic E-state index is 11.7. The molecule has 0 unspecified atom stereocenters. The molecule has 3 rings (SSSR count). The van der Waals surface area contributed by atoms with Crippen LogP contribution in [-0.2, 0) is 29.0 Å². The van der Waals surface area contributed by atoms with E-state index >= 15 is 0 Å². The number of nitro groups is 1. The van der Waals surface area contributed by atoms with E-state index in [1.807, 2.05) is 10.7 Å². The van der Waals surface area contributed by atoms with Crippen LogP contribution in [0, 0.1) is 17.0 Å². The molecule has 0 amide bonds. The molecule has 8 heteroatoms. The summed E-state index contributed by atoms with van der Waals surface area (Å²) in [6.45, 7) is 5.82. The zero-order valence-electron chi connectivity index (χ0n) is 14.9. The van der Waals surface area contributed by atoms with Crippen molar-refractivity contribution < 1.29 is 14.5 Å². The molecular formula is C18H22N4O4. The number of aryl methyl sites for hydroxylation is 1. The molecular weight excluding hydrogens is 336 g/mol. The summed E-state index contributed by atoms with van der Waals surface area (Å²) in [6.07, 6.45) is 1.06. The first kappa shape index (κ1) is 18.1. The van der Waals surface area contributed by atoms with Gasteiger partial charge in [-0.3, -0.25) is 19.6 Å². The summed E-state index contributed by atoms with van der Waals surface area (Å²) in [4.78, 5) is 22.6. The Labute approximate surface area is 151 Å². The standard InChI is InChI=1S/C18H22N4O4/c1-3-26-17(23)8-10-21-16-7-9-19-11-14(16)18(20-21)13-5-4-6-15(12(13)2)22(24)25/h4-6,19H,3,7-11H2,1-2H3. The molecule has 2 heterocycles. The monoisotopic (exact) mass is 358 g/mol. The van der Waals surface area contributed by atoms with Gasteiger partial charge in [-0.25, -0.2) is 0 Å². The van der Waals surface area contributed by atoms with Crippen molar-refractivity contribution in [1.82, 2.24) is 15.1 Å². The number of nitro benzene ring substituents is 1. The molecule has 1 aromatic heterocycles. The van der Waals surface area contributed by atoms with Crippen LogP contribution in [0.4, 0.5) is 5.69 Å². The molecule has 2 aromatic rings. The minimum Gasteiger partial charge on any atom is -0.466 e. The lowest BCUT2D eigenvalue weighted by Crippen LogP contribution is -2.25. The van der Waals surface area contributed by atoms with Crippen molar-refractivity contribution in [3.63, 3.8) is 0 Å². The Hall–Kier alpha value is -2.74. The van der Waals surface area contributed by atoms with Crippen LogP contribution in [0.3, 0.4) is 0 Å². The summed E-state index contributed by atoms with van der Waals surface area (Å²) in [6, 6.07) is 5.04. The normalized spacial score (nSPS) is 13.3. The number of carbonyl (C=O) groups is 1. The number of hydrogen-bond donors (Lipinski definition) is 1. The van der Waals surface area contributed by atoms with Crippen LogP contribution in [0.15, 0.2) is 18.2 Å². The number of aromatic nitrogens is 2. The number of fused-ring (bicyclic) bond motifs is 1. The average molecular weight is 358 g/mol. The number of carbonyl (C=O) groups excluding carboxylic acids is 1. The lowest BCUT2D eigenvalue weighted by molar-refractivity contribution is -0.385. The summed E-state index contributed by atoms with van der Waals surface area (Å²) in [5.41, 5.74) is 4.31. The number of esters is 1. The second kappa shape index (κ2) is 7.65. The van der Waals surface area contributed by atoms with Gasteiger partial charge >= 0.3 is 5.97 Å². The molecule has 0 saturated heterocycles. The molecule has 1 N–H and O–H groups in total. The molecule has 0 atom stereocenters. The van der Waals surface area contributed by atoms with Gasteiger partial charge in [0.25, 0.3) is 5.69 Å². The Kier molecular flexibility index (Phi) is 5.32. The summed E-state index contributed by atoms with van der Waals surface area (Å²) < 4.78 is 6.84. The van der Waals surface area contributed by atoms with Crippen LogP contribution >= 0.6 is 0 Å². The molecule has 1 aromatic carbocycles. The average Bonchev–Trinajstić information content (AvgIpc) is 2.99. The number of nitrogens with zero attached hydrogens (tertiary/aromatic N) is 3. The fourth-order valence-corrected chi connectivity index (χ4v) is 3.33. The fourth-order valence-electron chi connectivity index (χ4n) is 3.33. The predicted molar refractivity (Wildman–Crippen MR) is 95.7 cm³/mol. The first-order valence-electron chi connectivity index (χ1n) is 8.72. The van der Waals surface area contributed by atoms with Gasteiger partial charge in [-0.2, -0.15) is 5.10 Å². The Morgan fingerprint density at radius 2 is 2.27 bits per heavy atom. The maximum absolute atomic E-state index is 11.7. The molecule has 0 aliphatic carbocycles. The highest BCUT2D eigenvalue weighted by atomic mass is 16.6. The van der Waals surface area contributed by atoms with E-state index in [-0.39, 0.29) is 23.0 Å². The van der Waals surface area contributed by atoms with Crippen molar-refractivity contribution in [3.8, 4) is 11.3 Å². The highest BCUT2D eigenvalue weighted by Crippen LogP contribution is 2.33. The van der Waals surface area contributed by atoms with E-state index in [0.29, 0.717) is 25.3 Å². The predicted octanol–water partition coefficient (Wildman–Crippen LogP) is 2.37. The van der Waals surface area contributed by atoms with Gasteiger partial charge in [-0.1, -0.05) is 12.1 Å². The molecule has 8 nitrogen and oxygen atoms in total. The lowest BCUT2D eigenvalue weighted by atomic mass is 9.98. The van der Waals surface area contributed by atoms with Crippen molar-refractivity contribution in [2.75, 3.05) is 13.2 Å². The number of ether oxygens (including phenoxy) is 1. The van der Waals surface area contributed by atoms with Crippen LogP contribution < -0.4 is 5.32 Å². The zero-order chi connectivity index (χ0) is 18.7. The maximum Gasteiger partial charge on any atom is 0.307 e. The summed E-state index contributed by atoms with van der Waals surface area (Å²) >= 11 is 0. The van der Waals surface area contributed by atoms with E-state index in [1.165, 1.54) is 6.07 Å². The van der Waals surface area contributed by atoms with Gasteiger partial charge in [-0.05, 0) is 13.8 Å². The van der Waals surface area contributed by atoms with Gasteiger partial charge in [0.05, 0.1) is 30.2 Å². The molecule has 138 valence electrons. The summed E-state index contributed by atoms with van der Waals surface area (Å²) in [5.74, 6) is -0.251. The van der Waals surface area contributed by atoms with Crippen LogP contribution in [0.5, 0.6) is 0 Å². The van der Waals surface area contributed by atoms with Crippen molar-refractivity contribution in [1.29, 1.82) is 0 Å². The molecule has 0 spiro atoms. The van der Waals surface area contributed by atoms with E-state index in [2.05, 4.69) is 5.32 Å². The summed E-state index contributed by atoms with van der Waals surface area (Å²) in [7, 11) is 0. The Morgan fingerprint density at radius 3 is 3.00 bits per heavy atom. The van der Waals surface area contributed by atoms with E-state index in [0.717, 1.165) is 35.5 Å². The lowest BCUT2D eigenvalue weighted by Gasteiger charge is -2.16. The molecule has 1 aliphatic rings. The van der Waals surface area contributed by atoms with Gasteiger partial charge in [0.15, 0.2) is 0 Å². The van der Waals surface area contributed by atoms with Crippen molar-refractivity contribution in [3.05, 3.63) is 45.1 Å². The second-order valence-corrected chi connectivity index (χ2v) is 6.19. The second-order valence-electron chi connectivity index (χ2n) is 6.19. The number of rotatable bonds is 6. The minimum absolute atomic E-state index is 0.0843. The molecule has 0 bridgehead atoms. The topological polar surface area (TPSA) is 99.3 Å². The molecule has 1 aliphatic heterocycles. The van der Waals surface area contributed by atoms with Crippen LogP contribution in [-0.4, -0.2) is 33.8 Å². The third-order valence-electron chi connectivity index (χ3n) is 4.60. The molecule has 0 saturated carbocycles. The largest absolute Gasteiger partial charge is 0.466 e. The van der Waals surface area contributed by atoms with Crippen LogP contribution in [0.2, 0.25) is 0 Å². The van der Waals surface area contributed by atoms with E-state index in [1.54, 1.807) is 19.9 Å². The minimum atomic E-state index is -0.374. The van der Waals surface area contributed by atoms with Crippen molar-refractivity contribution in [2.24, 2.45) is 0 Å². The SMILES string of the molecule is CCOC(=O)CCn1nc(-c2cccc([N+](=O)[O-])c2C)c2c1CCNC2. The van der Waals surface area contributed by atoms with E-state index < -0.39 is 0 Å². The molecule has 0 radical (unpaired) electrons. The van der Waals surface area contributed by atoms with Crippen molar-refractivity contribution >= 4 is 11.7 Å². The third kappa shape index (κ3) is 3.45. The zero-order valence-corrected chi connectivity index (χ0v) is 14.9. The van der Waals surface area contributed by atoms with Gasteiger partial charge in [0.2, 0.25) is 0 Å². The third-order valence-corrected chi connectivity index (χ3v) is 4.60. The Morgan fingerprint density at radius 1 is 1.46 bits per heavy atom. The number of hydrogen-bond acceptors (Lipinski definition) is 6. The first-order chi connectivity index (χ1) is 12.5. The quantitative estimate of drug-likeness (QED) is 0.483. The highest BCUT2D eigenvalue weighted by molar-refractivity contribution is 5.72. The Bertz CT molecular complexity index is 844. The van der Waals surface area contributed by atoms with Gasteiger partial charge < -0.3 is 10.1 Å². The Balaban J connectivity index is 1.99. The molecule has 26 heavy (non-hydrogen) atoms. The van der Waals surface area contributed by atoms with Gasteiger partial charge in [-0.15, -0.1) is 0 Å². The van der Waals surface area contributed by atoms with Gasteiger partial charge in [0.1, 0.15) is 0 Å². The fraction of sp³-hybridized carbons (Fsp3) is 0.444. The highest BCUT2D eigenvalue weighted by Gasteiger charge is 2.25. The van der Waals surface area contributed by atoms with Crippen LogP contribution in [0.25, 0.3) is 11.3 Å². The van der Waals surface area contributed by atoms with E-state index in [9.17, 15) is 14.9 Å².